The summed E-state index contributed by atoms with van der Waals surface area (Å²) in [5.74, 6) is -0.151. The number of hydrogen-bond acceptors (Lipinski definition) is 5. The van der Waals surface area contributed by atoms with Gasteiger partial charge in [-0.1, -0.05) is 30.3 Å². The largest absolute Gasteiger partial charge is 0.455 e. The normalized spacial score (nSPS) is 11.7. The number of carbonyl (C=O) groups is 1. The van der Waals surface area contributed by atoms with Gasteiger partial charge < -0.3 is 15.1 Å². The SMILES string of the molecule is Cc1oc(C(=O)N(CCCN)Cc2ccccc2)cc1S(=O)(=O)N(C)C. The average Bonchev–Trinajstić information content (AvgIpc) is 3.01. The smallest absolute Gasteiger partial charge is 0.289 e. The Balaban J connectivity index is 2.31. The van der Waals surface area contributed by atoms with Gasteiger partial charge in [0.15, 0.2) is 5.76 Å². The zero-order valence-electron chi connectivity index (χ0n) is 15.3. The molecule has 0 saturated heterocycles. The van der Waals surface area contributed by atoms with Crippen molar-refractivity contribution >= 4 is 15.9 Å². The number of carbonyl (C=O) groups excluding carboxylic acids is 1. The van der Waals surface area contributed by atoms with Gasteiger partial charge in [0, 0.05) is 33.3 Å². The molecule has 2 rings (SSSR count). The van der Waals surface area contributed by atoms with Crippen LogP contribution in [0.3, 0.4) is 0 Å². The van der Waals surface area contributed by atoms with E-state index >= 15 is 0 Å². The van der Waals surface area contributed by atoms with Gasteiger partial charge in [-0.3, -0.25) is 4.79 Å². The fraction of sp³-hybridized carbons (Fsp3) is 0.389. The van der Waals surface area contributed by atoms with Crippen LogP contribution in [0.15, 0.2) is 45.7 Å². The molecule has 0 bridgehead atoms. The highest BCUT2D eigenvalue weighted by Crippen LogP contribution is 2.24. The number of furan rings is 1. The van der Waals surface area contributed by atoms with Crippen LogP contribution in [0.4, 0.5) is 0 Å². The van der Waals surface area contributed by atoms with Crippen molar-refractivity contribution in [1.82, 2.24) is 9.21 Å². The molecule has 26 heavy (non-hydrogen) atoms. The molecule has 0 unspecified atom stereocenters. The molecule has 2 N–H and O–H groups in total. The molecular formula is C18H25N3O4S. The Bertz CT molecular complexity index is 845. The molecule has 1 amide bonds. The second-order valence-electron chi connectivity index (χ2n) is 6.17. The van der Waals surface area contributed by atoms with Crippen molar-refractivity contribution in [3.63, 3.8) is 0 Å². The Morgan fingerprint density at radius 2 is 1.85 bits per heavy atom. The second kappa shape index (κ2) is 8.48. The van der Waals surface area contributed by atoms with Gasteiger partial charge in [-0.15, -0.1) is 0 Å². The molecule has 1 aromatic carbocycles. The molecular weight excluding hydrogens is 354 g/mol. The monoisotopic (exact) mass is 379 g/mol. The maximum Gasteiger partial charge on any atom is 0.289 e. The number of nitrogens with zero attached hydrogens (tertiary/aromatic N) is 2. The van der Waals surface area contributed by atoms with E-state index in [0.29, 0.717) is 26.1 Å². The van der Waals surface area contributed by atoms with Crippen LogP contribution in [0.5, 0.6) is 0 Å². The highest BCUT2D eigenvalue weighted by atomic mass is 32.2. The van der Waals surface area contributed by atoms with Gasteiger partial charge >= 0.3 is 0 Å². The lowest BCUT2D eigenvalue weighted by Gasteiger charge is -2.21. The molecule has 0 fully saturated rings. The molecule has 142 valence electrons. The van der Waals surface area contributed by atoms with Gasteiger partial charge in [-0.05, 0) is 25.5 Å². The van der Waals surface area contributed by atoms with E-state index < -0.39 is 10.0 Å². The first kappa shape index (κ1) is 20.2. The summed E-state index contributed by atoms with van der Waals surface area (Å²) in [4.78, 5) is 14.5. The van der Waals surface area contributed by atoms with Crippen molar-refractivity contribution in [2.45, 2.75) is 24.8 Å². The third-order valence-corrected chi connectivity index (χ3v) is 5.90. The van der Waals surface area contributed by atoms with Crippen molar-refractivity contribution < 1.29 is 17.6 Å². The van der Waals surface area contributed by atoms with E-state index in [4.69, 9.17) is 10.2 Å². The van der Waals surface area contributed by atoms with Crippen molar-refractivity contribution in [2.75, 3.05) is 27.2 Å². The van der Waals surface area contributed by atoms with Gasteiger partial charge in [-0.2, -0.15) is 0 Å². The maximum absolute atomic E-state index is 12.9. The molecule has 7 nitrogen and oxygen atoms in total. The Morgan fingerprint density at radius 1 is 1.19 bits per heavy atom. The van der Waals surface area contributed by atoms with E-state index in [0.717, 1.165) is 9.87 Å². The van der Waals surface area contributed by atoms with Crippen LogP contribution in [0, 0.1) is 6.92 Å². The molecule has 0 aliphatic heterocycles. The second-order valence-corrected chi connectivity index (χ2v) is 8.29. The first-order valence-corrected chi connectivity index (χ1v) is 9.77. The number of rotatable bonds is 8. The summed E-state index contributed by atoms with van der Waals surface area (Å²) in [5, 5.41) is 0. The van der Waals surface area contributed by atoms with Crippen LogP contribution in [0.2, 0.25) is 0 Å². The van der Waals surface area contributed by atoms with Crippen LogP contribution in [-0.4, -0.2) is 50.7 Å². The Labute approximate surface area is 154 Å². The number of aryl methyl sites for hydroxylation is 1. The highest BCUT2D eigenvalue weighted by Gasteiger charge is 2.27. The predicted octanol–water partition coefficient (Wildman–Crippen LogP) is 1.83. The summed E-state index contributed by atoms with van der Waals surface area (Å²) < 4.78 is 31.3. The van der Waals surface area contributed by atoms with Gasteiger partial charge in [0.1, 0.15) is 10.7 Å². The minimum atomic E-state index is -3.67. The topological polar surface area (TPSA) is 96.8 Å². The van der Waals surface area contributed by atoms with E-state index in [-0.39, 0.29) is 22.3 Å². The lowest BCUT2D eigenvalue weighted by Crippen LogP contribution is -2.32. The van der Waals surface area contributed by atoms with Crippen LogP contribution in [0.25, 0.3) is 0 Å². The molecule has 8 heteroatoms. The minimum absolute atomic E-state index is 0.00401. The van der Waals surface area contributed by atoms with Crippen LogP contribution >= 0.6 is 0 Å². The van der Waals surface area contributed by atoms with Gasteiger partial charge in [0.05, 0.1) is 0 Å². The molecule has 0 radical (unpaired) electrons. The third-order valence-electron chi connectivity index (χ3n) is 3.98. The zero-order valence-corrected chi connectivity index (χ0v) is 16.1. The third kappa shape index (κ3) is 4.51. The van der Waals surface area contributed by atoms with E-state index in [2.05, 4.69) is 0 Å². The predicted molar refractivity (Wildman–Crippen MR) is 99.2 cm³/mol. The summed E-state index contributed by atoms with van der Waals surface area (Å²) >= 11 is 0. The fourth-order valence-corrected chi connectivity index (χ4v) is 3.57. The summed E-state index contributed by atoms with van der Waals surface area (Å²) in [5.41, 5.74) is 6.56. The molecule has 0 aliphatic carbocycles. The number of nitrogens with two attached hydrogens (primary N) is 1. The lowest BCUT2D eigenvalue weighted by atomic mass is 10.2. The van der Waals surface area contributed by atoms with Gasteiger partial charge in [0.2, 0.25) is 10.0 Å². The van der Waals surface area contributed by atoms with E-state index in [1.54, 1.807) is 4.90 Å². The Morgan fingerprint density at radius 3 is 2.42 bits per heavy atom. The van der Waals surface area contributed by atoms with Crippen LogP contribution in [-0.2, 0) is 16.6 Å². The highest BCUT2D eigenvalue weighted by molar-refractivity contribution is 7.89. The van der Waals surface area contributed by atoms with E-state index in [1.165, 1.54) is 27.1 Å². The quantitative estimate of drug-likeness (QED) is 0.755. The van der Waals surface area contributed by atoms with Gasteiger partial charge in [0.25, 0.3) is 5.91 Å². The summed E-state index contributed by atoms with van der Waals surface area (Å²) in [6, 6.07) is 10.9. The summed E-state index contributed by atoms with van der Waals surface area (Å²) in [7, 11) is -0.799. The standard InChI is InChI=1S/C18H25N3O4S/c1-14-17(26(23,24)20(2)3)12-16(25-14)18(22)21(11-7-10-19)13-15-8-5-4-6-9-15/h4-6,8-9,12H,7,10-11,13,19H2,1-3H3. The lowest BCUT2D eigenvalue weighted by molar-refractivity contribution is 0.0708. The molecule has 1 aromatic heterocycles. The van der Waals surface area contributed by atoms with Gasteiger partial charge in [-0.25, -0.2) is 12.7 Å². The average molecular weight is 379 g/mol. The van der Waals surface area contributed by atoms with Crippen molar-refractivity contribution in [3.8, 4) is 0 Å². The fourth-order valence-electron chi connectivity index (χ4n) is 2.52. The minimum Gasteiger partial charge on any atom is -0.455 e. The van der Waals surface area contributed by atoms with Crippen molar-refractivity contribution in [1.29, 1.82) is 0 Å². The molecule has 0 saturated carbocycles. The molecule has 0 spiro atoms. The van der Waals surface area contributed by atoms with Crippen LogP contribution < -0.4 is 5.73 Å². The molecule has 0 aliphatic rings. The van der Waals surface area contributed by atoms with Crippen molar-refractivity contribution in [2.24, 2.45) is 5.73 Å². The summed E-state index contributed by atoms with van der Waals surface area (Å²) in [6.07, 6.45) is 0.640. The van der Waals surface area contributed by atoms with Crippen LogP contribution in [0.1, 0.15) is 28.3 Å². The number of hydrogen-bond donors (Lipinski definition) is 1. The van der Waals surface area contributed by atoms with E-state index in [9.17, 15) is 13.2 Å². The zero-order chi connectivity index (χ0) is 19.3. The Hall–Kier alpha value is -2.16. The molecule has 0 atom stereocenters. The maximum atomic E-state index is 12.9. The molecule has 1 heterocycles. The molecule has 2 aromatic rings. The van der Waals surface area contributed by atoms with Crippen molar-refractivity contribution in [3.05, 3.63) is 53.5 Å². The first-order chi connectivity index (χ1) is 12.3. The number of sulfonamides is 1. The first-order valence-electron chi connectivity index (χ1n) is 8.33. The Kier molecular flexibility index (Phi) is 6.57. The number of amides is 1. The summed E-state index contributed by atoms with van der Waals surface area (Å²) in [6.45, 7) is 2.85. The van der Waals surface area contributed by atoms with E-state index in [1.807, 2.05) is 30.3 Å². The number of benzene rings is 1.